The van der Waals surface area contributed by atoms with E-state index in [1.165, 1.54) is 28.7 Å². The summed E-state index contributed by atoms with van der Waals surface area (Å²) in [5.74, 6) is 0.655. The van der Waals surface area contributed by atoms with Gasteiger partial charge in [-0.2, -0.15) is 0 Å². The minimum atomic E-state index is -0.876. The molecule has 0 amide bonds. The van der Waals surface area contributed by atoms with E-state index in [0.29, 0.717) is 5.92 Å². The number of rotatable bonds is 1. The van der Waals surface area contributed by atoms with Gasteiger partial charge >= 0.3 is 174 Å². The van der Waals surface area contributed by atoms with Gasteiger partial charge in [0.2, 0.25) is 0 Å². The summed E-state index contributed by atoms with van der Waals surface area (Å²) < 4.78 is 1.61. The molecule has 1 aliphatic heterocycles. The van der Waals surface area contributed by atoms with Crippen LogP contribution in [-0.4, -0.2) is 0 Å². The van der Waals surface area contributed by atoms with E-state index in [0.717, 1.165) is 5.46 Å². The van der Waals surface area contributed by atoms with Crippen LogP contribution in [0.1, 0.15) is 63.3 Å². The summed E-state index contributed by atoms with van der Waals surface area (Å²) in [6.45, 7) is 11.7. The summed E-state index contributed by atoms with van der Waals surface area (Å²) in [6, 6.07) is 9.36. The van der Waals surface area contributed by atoms with Crippen LogP contribution in [0.25, 0.3) is 12.2 Å². The van der Waals surface area contributed by atoms with E-state index in [-0.39, 0.29) is 0 Å². The molecule has 129 valence electrons. The predicted octanol–water partition coefficient (Wildman–Crippen LogP) is 6.62. The molecule has 2 aromatic carbocycles. The normalized spacial score (nSPS) is 24.6. The number of hydrogen-bond acceptors (Lipinski definition) is 0. The quantitative estimate of drug-likeness (QED) is 0.491. The molecule has 0 nitrogen and oxygen atoms in total. The van der Waals surface area contributed by atoms with Gasteiger partial charge in [-0.05, 0) is 0 Å². The van der Waals surface area contributed by atoms with Gasteiger partial charge in [-0.25, -0.2) is 0 Å². The Morgan fingerprint density at radius 1 is 0.692 bits per heavy atom. The molecular formula is C25H26Y. The molecule has 0 aromatic heterocycles. The van der Waals surface area contributed by atoms with Crippen molar-refractivity contribution in [2.45, 2.75) is 46.5 Å². The summed E-state index contributed by atoms with van der Waals surface area (Å²) in [6.07, 6.45) is 6.44. The van der Waals surface area contributed by atoms with Crippen molar-refractivity contribution in [3.8, 4) is 0 Å². The molecule has 2 atom stereocenters. The van der Waals surface area contributed by atoms with E-state index in [4.69, 9.17) is 0 Å². The second-order valence-electron chi connectivity index (χ2n) is 8.45. The van der Waals surface area contributed by atoms with Crippen molar-refractivity contribution in [3.05, 3.63) is 79.9 Å². The van der Waals surface area contributed by atoms with Crippen LogP contribution in [0, 0.1) is 33.6 Å². The second kappa shape index (κ2) is 6.01. The zero-order valence-electron chi connectivity index (χ0n) is 16.5. The first-order valence-electron chi connectivity index (χ1n) is 9.99. The number of allylic oxidation sites excluding steroid dienone is 2. The average Bonchev–Trinajstić information content (AvgIpc) is 3.19. The van der Waals surface area contributed by atoms with Gasteiger partial charge in [0.05, 0.1) is 0 Å². The summed E-state index contributed by atoms with van der Waals surface area (Å²) in [4.78, 5) is 0. The fourth-order valence-electron chi connectivity index (χ4n) is 5.67. The van der Waals surface area contributed by atoms with Crippen molar-refractivity contribution in [1.29, 1.82) is 0 Å². The standard InChI is InChI=1S/C25H26.Y/c1-6-21(19-11-22-15(2)7-8-16(3)23(22)12-19)20-13-24-17(4)9-10-18(5)25(24)14-20;/h7-14,21H,6H2,1-5H3;. The van der Waals surface area contributed by atoms with E-state index in [9.17, 15) is 0 Å². The van der Waals surface area contributed by atoms with Crippen LogP contribution >= 0.6 is 0 Å². The van der Waals surface area contributed by atoms with Crippen LogP contribution in [0.3, 0.4) is 0 Å². The molecule has 3 aliphatic rings. The first kappa shape index (κ1) is 17.1. The Balaban J connectivity index is 1.71. The molecular weight excluding hydrogens is 389 g/mol. The molecule has 2 aromatic rings. The fourth-order valence-corrected chi connectivity index (χ4v) is 12.4. The molecule has 26 heavy (non-hydrogen) atoms. The van der Waals surface area contributed by atoms with Gasteiger partial charge < -0.3 is 0 Å². The van der Waals surface area contributed by atoms with Crippen molar-refractivity contribution in [1.82, 2.24) is 0 Å². The SMILES string of the molecule is CCC1C2=Cc3c(C)ccc(C)c3[CH]2[Y][CH]2C1=Cc1c(C)ccc(C)c12. The van der Waals surface area contributed by atoms with E-state index < -0.39 is 29.2 Å². The molecule has 1 fully saturated rings. The van der Waals surface area contributed by atoms with Crippen molar-refractivity contribution in [2.75, 3.05) is 0 Å². The Labute approximate surface area is 172 Å². The van der Waals surface area contributed by atoms with Crippen molar-refractivity contribution >= 4 is 12.2 Å². The van der Waals surface area contributed by atoms with Gasteiger partial charge in [0, 0.05) is 0 Å². The van der Waals surface area contributed by atoms with Gasteiger partial charge in [0.1, 0.15) is 0 Å². The van der Waals surface area contributed by atoms with E-state index in [2.05, 4.69) is 71.0 Å². The molecule has 2 unspecified atom stereocenters. The fraction of sp³-hybridized carbons (Fsp3) is 0.360. The van der Waals surface area contributed by atoms with Gasteiger partial charge in [-0.15, -0.1) is 0 Å². The summed E-state index contributed by atoms with van der Waals surface area (Å²) in [5.41, 5.74) is 16.1. The van der Waals surface area contributed by atoms with Crippen LogP contribution in [0.2, 0.25) is 0 Å². The van der Waals surface area contributed by atoms with E-state index in [1.807, 2.05) is 0 Å². The molecule has 0 saturated carbocycles. The zero-order valence-corrected chi connectivity index (χ0v) is 19.3. The monoisotopic (exact) mass is 415 g/mol. The predicted molar refractivity (Wildman–Crippen MR) is 107 cm³/mol. The van der Waals surface area contributed by atoms with Gasteiger partial charge in [-0.1, -0.05) is 0 Å². The molecule has 0 bridgehead atoms. The summed E-state index contributed by atoms with van der Waals surface area (Å²) in [5, 5.41) is 0. The maximum atomic E-state index is 2.60. The van der Waals surface area contributed by atoms with E-state index >= 15 is 0 Å². The zero-order chi connectivity index (χ0) is 18.2. The van der Waals surface area contributed by atoms with Crippen molar-refractivity contribution < 1.29 is 29.2 Å². The van der Waals surface area contributed by atoms with Gasteiger partial charge in [0.25, 0.3) is 0 Å². The third-order valence-corrected chi connectivity index (χ3v) is 12.4. The maximum absolute atomic E-state index is 2.60. The van der Waals surface area contributed by atoms with E-state index in [1.54, 1.807) is 33.4 Å². The third-order valence-electron chi connectivity index (χ3n) is 7.01. The minimum absolute atomic E-state index is 0.655. The first-order chi connectivity index (χ1) is 12.5. The first-order valence-corrected chi connectivity index (χ1v) is 13.3. The number of fused-ring (bicyclic) bond motifs is 6. The molecule has 1 heteroatoms. The Hall–Kier alpha value is -0.976. The Kier molecular flexibility index (Phi) is 3.96. The van der Waals surface area contributed by atoms with Crippen LogP contribution < -0.4 is 0 Å². The molecule has 2 aliphatic carbocycles. The molecule has 1 saturated heterocycles. The van der Waals surface area contributed by atoms with Crippen LogP contribution in [-0.2, 0) is 29.2 Å². The number of benzene rings is 2. The van der Waals surface area contributed by atoms with Crippen molar-refractivity contribution in [3.63, 3.8) is 0 Å². The topological polar surface area (TPSA) is 0 Å². The molecule has 0 spiro atoms. The van der Waals surface area contributed by atoms with Gasteiger partial charge in [-0.3, -0.25) is 0 Å². The van der Waals surface area contributed by atoms with Gasteiger partial charge in [0.15, 0.2) is 0 Å². The van der Waals surface area contributed by atoms with Crippen LogP contribution in [0.4, 0.5) is 0 Å². The average molecular weight is 415 g/mol. The Morgan fingerprint density at radius 2 is 1.12 bits per heavy atom. The molecule has 5 rings (SSSR count). The Morgan fingerprint density at radius 3 is 1.54 bits per heavy atom. The summed E-state index contributed by atoms with van der Waals surface area (Å²) >= 11 is -0.876. The summed E-state index contributed by atoms with van der Waals surface area (Å²) in [7, 11) is 0. The molecule has 1 heterocycles. The Bertz CT molecular complexity index is 926. The number of aryl methyl sites for hydroxylation is 4. The molecule has 0 N–H and O–H groups in total. The third kappa shape index (κ3) is 2.21. The van der Waals surface area contributed by atoms with Crippen LogP contribution in [0.5, 0.6) is 0 Å². The second-order valence-corrected chi connectivity index (χ2v) is 12.7. The van der Waals surface area contributed by atoms with Crippen molar-refractivity contribution in [2.24, 2.45) is 5.92 Å². The molecule has 0 radical (unpaired) electrons. The van der Waals surface area contributed by atoms with Crippen LogP contribution in [0.15, 0.2) is 35.4 Å². The number of hydrogen-bond donors (Lipinski definition) is 0.